The van der Waals surface area contributed by atoms with Gasteiger partial charge in [-0.1, -0.05) is 29.8 Å². The number of nitrogens with one attached hydrogen (secondary N) is 1. The van der Waals surface area contributed by atoms with E-state index in [9.17, 15) is 27.9 Å². The lowest BCUT2D eigenvalue weighted by molar-refractivity contribution is -0.455. The van der Waals surface area contributed by atoms with E-state index in [4.69, 9.17) is 17.3 Å². The maximum atomic E-state index is 13.1. The first kappa shape index (κ1) is 29.3. The van der Waals surface area contributed by atoms with Gasteiger partial charge in [0.15, 0.2) is 11.9 Å². The highest BCUT2D eigenvalue weighted by molar-refractivity contribution is 6.30. The molecule has 39 heavy (non-hydrogen) atoms. The van der Waals surface area contributed by atoms with Crippen LogP contribution in [0.4, 0.5) is 18.0 Å². The molecule has 1 atom stereocenters. The molecule has 0 saturated carbocycles. The van der Waals surface area contributed by atoms with Gasteiger partial charge in [0.2, 0.25) is 5.84 Å². The van der Waals surface area contributed by atoms with E-state index in [0.29, 0.717) is 27.4 Å². The summed E-state index contributed by atoms with van der Waals surface area (Å²) in [4.78, 5) is 31.3. The van der Waals surface area contributed by atoms with E-state index >= 15 is 0 Å². The molecule has 0 radical (unpaired) electrons. The highest BCUT2D eigenvalue weighted by Crippen LogP contribution is 2.20. The standard InChI is InChI=1S/C25H25ClF3N7O3/c1-3-12-34(2)23(38)18-6-4-5-7-19(18)36-15-32-21(33-36)13-31-24(39)35(14-20(37)25(27,28)29)22(30)16-8-10-17(26)11-9-16/h3-11,15,20,30,37H,1,12-14H2,2H3,(H,31,39)/p+1/t20-/m0/s1. The van der Waals surface area contributed by atoms with E-state index in [1.54, 1.807) is 37.4 Å². The van der Waals surface area contributed by atoms with Gasteiger partial charge in [-0.15, -0.1) is 11.7 Å². The highest BCUT2D eigenvalue weighted by Gasteiger charge is 2.41. The fourth-order valence-corrected chi connectivity index (χ4v) is 3.55. The molecule has 3 rings (SSSR count). The summed E-state index contributed by atoms with van der Waals surface area (Å²) in [7, 11) is 1.62. The Labute approximate surface area is 226 Å². The van der Waals surface area contributed by atoms with Gasteiger partial charge in [-0.3, -0.25) is 10.1 Å². The first-order valence-corrected chi connectivity index (χ1v) is 11.8. The third-order valence-electron chi connectivity index (χ3n) is 5.48. The molecule has 1 heterocycles. The number of para-hydroxylation sites is 1. The monoisotopic (exact) mass is 564 g/mol. The Morgan fingerprint density at radius 2 is 1.92 bits per heavy atom. The number of urea groups is 1. The summed E-state index contributed by atoms with van der Waals surface area (Å²) >= 11 is 5.85. The zero-order valence-electron chi connectivity index (χ0n) is 20.8. The minimum atomic E-state index is -4.98. The van der Waals surface area contributed by atoms with Crippen LogP contribution in [0.3, 0.4) is 0 Å². The molecule has 0 unspecified atom stereocenters. The SMILES string of the molecule is C=CCN(C)C(=O)c1ccccc1-n1cnc(CNC(=O)/[N+](C[C@H](O)C(F)(F)F)=C(\N)c2ccc(Cl)cc2)n1. The Morgan fingerprint density at radius 3 is 2.56 bits per heavy atom. The quantitative estimate of drug-likeness (QED) is 0.159. The second-order valence-electron chi connectivity index (χ2n) is 8.32. The van der Waals surface area contributed by atoms with E-state index < -0.39 is 24.9 Å². The van der Waals surface area contributed by atoms with Crippen LogP contribution in [-0.4, -0.2) is 79.5 Å². The molecular formula is C25H26ClF3N7O3+. The first-order chi connectivity index (χ1) is 18.4. The van der Waals surface area contributed by atoms with Crippen LogP contribution in [0.1, 0.15) is 21.7 Å². The van der Waals surface area contributed by atoms with Crippen LogP contribution >= 0.6 is 11.6 Å². The van der Waals surface area contributed by atoms with Gasteiger partial charge in [-0.2, -0.15) is 17.7 Å². The number of aliphatic hydroxyl groups is 1. The van der Waals surface area contributed by atoms with Gasteiger partial charge in [-0.25, -0.2) is 14.5 Å². The van der Waals surface area contributed by atoms with Crippen LogP contribution in [0.15, 0.2) is 67.5 Å². The molecule has 4 N–H and O–H groups in total. The number of carbonyl (C=O) groups excluding carboxylic acids is 2. The van der Waals surface area contributed by atoms with Crippen LogP contribution < -0.4 is 11.1 Å². The zero-order valence-corrected chi connectivity index (χ0v) is 21.5. The van der Waals surface area contributed by atoms with Crippen molar-refractivity contribution in [3.05, 3.63) is 89.5 Å². The molecule has 0 spiro atoms. The Morgan fingerprint density at radius 1 is 1.26 bits per heavy atom. The average molecular weight is 565 g/mol. The van der Waals surface area contributed by atoms with Crippen molar-refractivity contribution in [3.8, 4) is 5.69 Å². The average Bonchev–Trinajstić information content (AvgIpc) is 3.38. The number of aliphatic hydroxyl groups excluding tert-OH is 1. The number of likely N-dealkylation sites (N-methyl/N-ethyl adjacent to an activating group) is 1. The van der Waals surface area contributed by atoms with Crippen LogP contribution in [0.5, 0.6) is 0 Å². The predicted molar refractivity (Wildman–Crippen MR) is 138 cm³/mol. The molecule has 1 aromatic heterocycles. The van der Waals surface area contributed by atoms with Crippen molar-refractivity contribution in [2.75, 3.05) is 20.1 Å². The number of hydrogen-bond donors (Lipinski definition) is 3. The zero-order chi connectivity index (χ0) is 28.7. The molecule has 3 aromatic rings. The summed E-state index contributed by atoms with van der Waals surface area (Å²) in [5.74, 6) is -0.503. The number of nitrogens with zero attached hydrogens (tertiary/aromatic N) is 5. The minimum Gasteiger partial charge on any atom is -0.381 e. The number of alkyl halides is 3. The van der Waals surface area contributed by atoms with Gasteiger partial charge in [0, 0.05) is 24.2 Å². The van der Waals surface area contributed by atoms with E-state index in [2.05, 4.69) is 22.0 Å². The van der Waals surface area contributed by atoms with Gasteiger partial charge < -0.3 is 15.7 Å². The van der Waals surface area contributed by atoms with Crippen molar-refractivity contribution < 1.29 is 32.4 Å². The topological polar surface area (TPSA) is 129 Å². The van der Waals surface area contributed by atoms with E-state index in [1.165, 1.54) is 40.2 Å². The molecule has 0 fully saturated rings. The van der Waals surface area contributed by atoms with Crippen LogP contribution in [-0.2, 0) is 6.54 Å². The third kappa shape index (κ3) is 7.42. The van der Waals surface area contributed by atoms with Gasteiger partial charge in [0.05, 0.1) is 11.3 Å². The van der Waals surface area contributed by atoms with Crippen LogP contribution in [0.2, 0.25) is 5.02 Å². The summed E-state index contributed by atoms with van der Waals surface area (Å²) in [6.07, 6.45) is -4.91. The van der Waals surface area contributed by atoms with Gasteiger partial charge >= 0.3 is 12.2 Å². The third-order valence-corrected chi connectivity index (χ3v) is 5.73. The van der Waals surface area contributed by atoms with Crippen molar-refractivity contribution in [3.63, 3.8) is 0 Å². The number of carbonyl (C=O) groups is 2. The van der Waals surface area contributed by atoms with Crippen molar-refractivity contribution in [2.45, 2.75) is 18.8 Å². The maximum absolute atomic E-state index is 13.1. The summed E-state index contributed by atoms with van der Waals surface area (Å²) in [6.45, 7) is 2.51. The summed E-state index contributed by atoms with van der Waals surface area (Å²) in [5.41, 5.74) is 7.00. The van der Waals surface area contributed by atoms with Crippen LogP contribution in [0.25, 0.3) is 5.69 Å². The molecule has 3 amide bonds. The molecule has 0 aliphatic heterocycles. The molecule has 0 aliphatic carbocycles. The maximum Gasteiger partial charge on any atom is 0.436 e. The second-order valence-corrected chi connectivity index (χ2v) is 8.75. The molecule has 2 aromatic carbocycles. The smallest absolute Gasteiger partial charge is 0.381 e. The molecule has 0 saturated heterocycles. The summed E-state index contributed by atoms with van der Waals surface area (Å²) in [5, 5.41) is 16.6. The van der Waals surface area contributed by atoms with Gasteiger partial charge in [0.1, 0.15) is 19.4 Å². The van der Waals surface area contributed by atoms with Crippen molar-refractivity contribution in [2.24, 2.45) is 5.73 Å². The predicted octanol–water partition coefficient (Wildman–Crippen LogP) is 2.73. The molecule has 14 heteroatoms. The van der Waals surface area contributed by atoms with E-state index in [-0.39, 0.29) is 29.7 Å². The fourth-order valence-electron chi connectivity index (χ4n) is 3.42. The minimum absolute atomic E-state index is 0.103. The van der Waals surface area contributed by atoms with Crippen molar-refractivity contribution >= 4 is 29.4 Å². The Balaban J connectivity index is 1.83. The lowest BCUT2D eigenvalue weighted by Crippen LogP contribution is -2.47. The molecule has 0 aliphatic rings. The lowest BCUT2D eigenvalue weighted by atomic mass is 10.1. The number of nitrogens with two attached hydrogens (primary N) is 1. The summed E-state index contributed by atoms with van der Waals surface area (Å²) in [6, 6.07) is 11.4. The number of hydrogen-bond acceptors (Lipinski definition) is 5. The molecule has 206 valence electrons. The van der Waals surface area contributed by atoms with E-state index in [0.717, 1.165) is 0 Å². The number of amidine groups is 1. The molecule has 0 bridgehead atoms. The number of halogens is 4. The number of aromatic nitrogens is 3. The Bertz CT molecular complexity index is 1370. The van der Waals surface area contributed by atoms with Crippen LogP contribution in [0, 0.1) is 0 Å². The Hall–Kier alpha value is -4.23. The summed E-state index contributed by atoms with van der Waals surface area (Å²) < 4.78 is 41.1. The van der Waals surface area contributed by atoms with E-state index in [1.807, 2.05) is 0 Å². The second kappa shape index (κ2) is 12.5. The molecule has 10 nitrogen and oxygen atoms in total. The molecular weight excluding hydrogens is 539 g/mol. The van der Waals surface area contributed by atoms with Gasteiger partial charge in [0.25, 0.3) is 5.91 Å². The largest absolute Gasteiger partial charge is 0.436 e. The number of amides is 3. The first-order valence-electron chi connectivity index (χ1n) is 11.5. The highest BCUT2D eigenvalue weighted by atomic mass is 35.5. The fraction of sp³-hybridized carbons (Fsp3) is 0.240. The Kier molecular flexibility index (Phi) is 9.43. The number of benzene rings is 2. The normalized spacial score (nSPS) is 12.9. The number of rotatable bonds is 9. The van der Waals surface area contributed by atoms with Gasteiger partial charge in [-0.05, 0) is 36.4 Å². The van der Waals surface area contributed by atoms with Crippen molar-refractivity contribution in [1.82, 2.24) is 25.0 Å². The lowest BCUT2D eigenvalue weighted by Gasteiger charge is -2.17. The van der Waals surface area contributed by atoms with Crippen molar-refractivity contribution in [1.29, 1.82) is 0 Å².